The maximum absolute atomic E-state index is 14.0. The third kappa shape index (κ3) is 4.56. The Balaban J connectivity index is 1.90. The predicted octanol–water partition coefficient (Wildman–Crippen LogP) is -0.291. The van der Waals surface area contributed by atoms with Crippen molar-refractivity contribution in [1.82, 2.24) is 10.2 Å². The summed E-state index contributed by atoms with van der Waals surface area (Å²) in [6.45, 7) is 0. The molecule has 0 bridgehead atoms. The first-order chi connectivity index (χ1) is 19.1. The van der Waals surface area contributed by atoms with Crippen molar-refractivity contribution in [2.45, 2.75) is 30.6 Å². The summed E-state index contributed by atoms with van der Waals surface area (Å²) in [7, 11) is 6.49. The number of aromatic hydroxyl groups is 1. The van der Waals surface area contributed by atoms with Crippen LogP contribution in [0.5, 0.6) is 5.75 Å². The summed E-state index contributed by atoms with van der Waals surface area (Å²) in [6, 6.07) is -0.644. The highest BCUT2D eigenvalue weighted by molar-refractivity contribution is 6.28. The molecule has 3 aliphatic rings. The highest BCUT2D eigenvalue weighted by Crippen LogP contribution is 2.54. The molecule has 4 amide bonds. The highest BCUT2D eigenvalue weighted by Gasteiger charge is 2.64. The second-order valence-electron chi connectivity index (χ2n) is 10.8. The number of carbonyl (C=O) groups is 4. The molecule has 41 heavy (non-hydrogen) atoms. The number of nitrogens with one attached hydrogen (secondary N) is 2. The Morgan fingerprint density at radius 2 is 1.80 bits per heavy atom. The monoisotopic (exact) mass is 593 g/mol. The van der Waals surface area contributed by atoms with Crippen molar-refractivity contribution in [3.8, 4) is 5.75 Å². The first-order valence-corrected chi connectivity index (χ1v) is 13.1. The maximum atomic E-state index is 14.0. The van der Waals surface area contributed by atoms with Crippen LogP contribution in [-0.4, -0.2) is 106 Å². The zero-order valence-electron chi connectivity index (χ0n) is 22.7. The van der Waals surface area contributed by atoms with Crippen molar-refractivity contribution in [3.63, 3.8) is 0 Å². The largest absolute Gasteiger partial charge is 0.510 e. The van der Waals surface area contributed by atoms with Crippen LogP contribution in [0.25, 0.3) is 5.76 Å². The van der Waals surface area contributed by atoms with Gasteiger partial charge in [-0.25, -0.2) is 4.79 Å². The van der Waals surface area contributed by atoms with Crippen molar-refractivity contribution in [2.24, 2.45) is 17.6 Å². The Morgan fingerprint density at radius 3 is 2.34 bits per heavy atom. The van der Waals surface area contributed by atoms with Gasteiger partial charge < -0.3 is 41.5 Å². The molecule has 9 N–H and O–H groups in total. The number of benzene rings is 1. The molecule has 3 aliphatic carbocycles. The molecular weight excluding hydrogens is 562 g/mol. The molecule has 0 heterocycles. The number of imide groups is 1. The van der Waals surface area contributed by atoms with Crippen LogP contribution in [0.15, 0.2) is 23.0 Å². The van der Waals surface area contributed by atoms with Gasteiger partial charge in [-0.1, -0.05) is 0 Å². The highest BCUT2D eigenvalue weighted by atomic mass is 35.5. The molecule has 5 atom stereocenters. The average Bonchev–Trinajstić information content (AvgIpc) is 2.87. The van der Waals surface area contributed by atoms with Crippen LogP contribution in [0.4, 0.5) is 16.2 Å². The molecular formula is C26H32ClN5O9. The number of rotatable bonds is 5. The number of anilines is 2. The fourth-order valence-corrected chi connectivity index (χ4v) is 6.35. The maximum Gasteiger partial charge on any atom is 0.326 e. The predicted molar refractivity (Wildman–Crippen MR) is 147 cm³/mol. The second kappa shape index (κ2) is 10.5. The first-order valence-electron chi connectivity index (χ1n) is 12.6. The average molecular weight is 594 g/mol. The van der Waals surface area contributed by atoms with E-state index in [1.165, 1.54) is 11.0 Å². The lowest BCUT2D eigenvalue weighted by molar-refractivity contribution is -0.170. The molecule has 0 aromatic heterocycles. The molecule has 1 fully saturated rings. The number of ketones is 1. The van der Waals surface area contributed by atoms with E-state index in [1.807, 2.05) is 5.32 Å². The smallest absolute Gasteiger partial charge is 0.326 e. The third-order valence-corrected chi connectivity index (χ3v) is 8.24. The number of halogens is 1. The molecule has 222 valence electrons. The summed E-state index contributed by atoms with van der Waals surface area (Å²) in [4.78, 5) is 53.2. The number of nitrogens with zero attached hydrogens (tertiary/aromatic N) is 2. The number of phenols is 1. The molecule has 0 aliphatic heterocycles. The number of carbonyl (C=O) groups excluding carboxylic acids is 4. The SMILES string of the molecule is CN(C)c1cc(NC(=O)NC(=O)CCl)c(O)c2c1CC1CC3C(N(C)C)C(O)=C(C(N)=O)C(O)C3(O)C(=O)C1=C2O. The normalized spacial score (nSPS) is 27.2. The Morgan fingerprint density at radius 1 is 1.17 bits per heavy atom. The van der Waals surface area contributed by atoms with Crippen LogP contribution in [-0.2, 0) is 20.8 Å². The lowest BCUT2D eigenvalue weighted by atomic mass is 9.56. The Bertz CT molecular complexity index is 1420. The van der Waals surface area contributed by atoms with E-state index in [1.54, 1.807) is 33.1 Å². The van der Waals surface area contributed by atoms with Gasteiger partial charge >= 0.3 is 6.03 Å². The van der Waals surface area contributed by atoms with Gasteiger partial charge in [0.2, 0.25) is 5.91 Å². The van der Waals surface area contributed by atoms with Crippen molar-refractivity contribution >= 4 is 52.4 Å². The van der Waals surface area contributed by atoms with E-state index in [2.05, 4.69) is 5.32 Å². The number of amides is 4. The number of Topliss-reactive ketones (excluding diaryl/α,β-unsaturated/α-hetero) is 1. The summed E-state index contributed by atoms with van der Waals surface area (Å²) < 4.78 is 0. The van der Waals surface area contributed by atoms with E-state index >= 15 is 0 Å². The summed E-state index contributed by atoms with van der Waals surface area (Å²) in [5, 5.41) is 60.6. The Kier molecular flexibility index (Phi) is 7.73. The number of alkyl halides is 1. The minimum Gasteiger partial charge on any atom is -0.510 e. The van der Waals surface area contributed by atoms with Gasteiger partial charge in [0, 0.05) is 31.3 Å². The molecule has 0 saturated heterocycles. The molecule has 5 unspecified atom stereocenters. The van der Waals surface area contributed by atoms with Gasteiger partial charge in [0.25, 0.3) is 5.91 Å². The Labute approximate surface area is 239 Å². The fraction of sp³-hybridized carbons (Fsp3) is 0.462. The van der Waals surface area contributed by atoms with Gasteiger partial charge in [-0.2, -0.15) is 0 Å². The van der Waals surface area contributed by atoms with Crippen LogP contribution in [0.3, 0.4) is 0 Å². The van der Waals surface area contributed by atoms with Crippen molar-refractivity contribution < 1.29 is 44.7 Å². The number of hydrogen-bond donors (Lipinski definition) is 8. The van der Waals surface area contributed by atoms with Crippen molar-refractivity contribution in [2.75, 3.05) is 44.3 Å². The lowest BCUT2D eigenvalue weighted by Crippen LogP contribution is -2.68. The third-order valence-electron chi connectivity index (χ3n) is 8.00. The minimum absolute atomic E-state index is 0.00629. The molecule has 15 heteroatoms. The lowest BCUT2D eigenvalue weighted by Gasteiger charge is -2.53. The fourth-order valence-electron chi connectivity index (χ4n) is 6.28. The summed E-state index contributed by atoms with van der Waals surface area (Å²) in [6.07, 6.45) is -2.11. The van der Waals surface area contributed by atoms with Gasteiger partial charge in [-0.15, -0.1) is 11.6 Å². The molecule has 0 radical (unpaired) electrons. The number of nitrogens with two attached hydrogens (primary N) is 1. The second-order valence-corrected chi connectivity index (χ2v) is 11.1. The first kappa shape index (κ1) is 30.1. The number of urea groups is 1. The topological polar surface area (TPSA) is 226 Å². The van der Waals surface area contributed by atoms with Crippen LogP contribution in [0.1, 0.15) is 17.5 Å². The van der Waals surface area contributed by atoms with Crippen molar-refractivity contribution in [3.05, 3.63) is 34.1 Å². The van der Waals surface area contributed by atoms with E-state index < -0.39 is 81.9 Å². The summed E-state index contributed by atoms with van der Waals surface area (Å²) in [5.41, 5.74) is 2.22. The van der Waals surface area contributed by atoms with Crippen molar-refractivity contribution in [1.29, 1.82) is 0 Å². The van der Waals surface area contributed by atoms with Crippen LogP contribution < -0.4 is 21.3 Å². The molecule has 4 rings (SSSR count). The number of primary amides is 1. The van der Waals surface area contributed by atoms with Gasteiger partial charge in [0.05, 0.1) is 22.9 Å². The molecule has 1 aromatic rings. The van der Waals surface area contributed by atoms with E-state index in [4.69, 9.17) is 17.3 Å². The molecule has 0 spiro atoms. The van der Waals surface area contributed by atoms with E-state index in [0.29, 0.717) is 11.3 Å². The van der Waals surface area contributed by atoms with Crippen LogP contribution >= 0.6 is 11.6 Å². The van der Waals surface area contributed by atoms with E-state index in [9.17, 15) is 44.7 Å². The number of hydrogen-bond acceptors (Lipinski definition) is 11. The zero-order chi connectivity index (χ0) is 30.7. The quantitative estimate of drug-likeness (QED) is 0.163. The van der Waals surface area contributed by atoms with E-state index in [0.717, 1.165) is 0 Å². The van der Waals surface area contributed by atoms with Crippen LogP contribution in [0, 0.1) is 11.8 Å². The zero-order valence-corrected chi connectivity index (χ0v) is 23.5. The van der Waals surface area contributed by atoms with Gasteiger partial charge in [0.1, 0.15) is 23.5 Å². The van der Waals surface area contributed by atoms with E-state index in [-0.39, 0.29) is 29.7 Å². The summed E-state index contributed by atoms with van der Waals surface area (Å²) in [5.74, 6) is -7.30. The number of aliphatic hydroxyl groups excluding tert-OH is 3. The molecule has 14 nitrogen and oxygen atoms in total. The standard InChI is InChI=1S/C26H32ClN5O9/c1-31(2)13-7-12(29-25(40)30-14(33)8-27)19(34)16-10(13)5-9-6-11-18(32(3)4)21(36)17(24(28)39)23(38)26(11,41)22(37)15(9)20(16)35/h7,9,11,18,23,34-36,38,41H,5-6,8H2,1-4H3,(H2,28,39)(H2,29,30,33,40). The molecule has 1 aromatic carbocycles. The molecule has 1 saturated carbocycles. The van der Waals surface area contributed by atoms with Crippen LogP contribution in [0.2, 0.25) is 0 Å². The number of aliphatic hydroxyl groups is 4. The number of phenolic OH excluding ortho intramolecular Hbond substituents is 1. The minimum atomic E-state index is -2.65. The number of likely N-dealkylation sites (N-methyl/N-ethyl adjacent to an activating group) is 1. The van der Waals surface area contributed by atoms with Gasteiger partial charge in [-0.3, -0.25) is 24.6 Å². The van der Waals surface area contributed by atoms with Gasteiger partial charge in [-0.05, 0) is 44.5 Å². The summed E-state index contributed by atoms with van der Waals surface area (Å²) >= 11 is 5.42. The number of fused-ring (bicyclic) bond motifs is 3. The Hall–Kier alpha value is -3.85. The van der Waals surface area contributed by atoms with Gasteiger partial charge in [0.15, 0.2) is 17.1 Å².